The van der Waals surface area contributed by atoms with Crippen molar-refractivity contribution in [2.75, 3.05) is 19.7 Å². The number of carbonyl (C=O) groups is 1. The van der Waals surface area contributed by atoms with Crippen LogP contribution in [0.5, 0.6) is 0 Å². The number of nitrogens with zero attached hydrogens (tertiary/aromatic N) is 2. The molecule has 1 aromatic carbocycles. The molecule has 0 bridgehead atoms. The average molecular weight is 300 g/mol. The Morgan fingerprint density at radius 3 is 3.00 bits per heavy atom. The van der Waals surface area contributed by atoms with Crippen molar-refractivity contribution in [3.05, 3.63) is 35.9 Å². The number of nitrogens with one attached hydrogen (secondary N) is 1. The van der Waals surface area contributed by atoms with Gasteiger partial charge in [0.05, 0.1) is 19.2 Å². The van der Waals surface area contributed by atoms with Crippen molar-refractivity contribution >= 4 is 12.2 Å². The Hall–Kier alpha value is -2.19. The second-order valence-corrected chi connectivity index (χ2v) is 5.47. The number of rotatable bonds is 6. The molecule has 2 rings (SSSR count). The normalized spacial score (nSPS) is 22.4. The van der Waals surface area contributed by atoms with Gasteiger partial charge in [-0.25, -0.2) is 0 Å². The molecule has 3 atom stereocenters. The quantitative estimate of drug-likeness (QED) is 0.618. The fraction of sp³-hybridized carbons (Fsp3) is 0.471. The smallest absolute Gasteiger partial charge is 0.328 e. The van der Waals surface area contributed by atoms with Crippen LogP contribution in [0.15, 0.2) is 35.3 Å². The molecule has 5 heteroatoms. The maximum atomic E-state index is 11.5. The number of likely N-dealkylation sites (tertiary alicyclic amines) is 1. The number of aliphatic imine (C=N–C) groups is 1. The predicted molar refractivity (Wildman–Crippen MR) is 83.5 cm³/mol. The SMILES string of the molecule is CCOC(=O)[C@H](C#N)C=N[C@H]1CC[NH+](Cc2ccccc2)C1. The molecule has 22 heavy (non-hydrogen) atoms. The van der Waals surface area contributed by atoms with E-state index in [1.54, 1.807) is 6.92 Å². The van der Waals surface area contributed by atoms with E-state index in [0.29, 0.717) is 0 Å². The number of esters is 1. The summed E-state index contributed by atoms with van der Waals surface area (Å²) >= 11 is 0. The highest BCUT2D eigenvalue weighted by Gasteiger charge is 2.26. The van der Waals surface area contributed by atoms with Crippen LogP contribution in [0, 0.1) is 17.2 Å². The van der Waals surface area contributed by atoms with Crippen molar-refractivity contribution in [2.24, 2.45) is 10.9 Å². The molecule has 1 aliphatic heterocycles. The van der Waals surface area contributed by atoms with Crippen LogP contribution in [0.2, 0.25) is 0 Å². The molecule has 1 saturated heterocycles. The van der Waals surface area contributed by atoms with E-state index in [4.69, 9.17) is 10.00 Å². The summed E-state index contributed by atoms with van der Waals surface area (Å²) in [7, 11) is 0. The van der Waals surface area contributed by atoms with Gasteiger partial charge in [0, 0.05) is 18.2 Å². The third-order valence-electron chi connectivity index (χ3n) is 3.78. The van der Waals surface area contributed by atoms with Gasteiger partial charge in [-0.15, -0.1) is 0 Å². The molecule has 1 aromatic rings. The van der Waals surface area contributed by atoms with E-state index in [-0.39, 0.29) is 12.6 Å². The molecule has 1 heterocycles. The number of nitriles is 1. The second kappa shape index (κ2) is 8.30. The van der Waals surface area contributed by atoms with Crippen molar-refractivity contribution in [3.8, 4) is 6.07 Å². The topological polar surface area (TPSA) is 66.9 Å². The molecule has 0 radical (unpaired) electrons. The number of benzene rings is 1. The monoisotopic (exact) mass is 300 g/mol. The van der Waals surface area contributed by atoms with E-state index in [0.717, 1.165) is 26.1 Å². The third kappa shape index (κ3) is 4.68. The van der Waals surface area contributed by atoms with E-state index in [9.17, 15) is 4.79 Å². The van der Waals surface area contributed by atoms with Gasteiger partial charge < -0.3 is 9.64 Å². The lowest BCUT2D eigenvalue weighted by molar-refractivity contribution is -0.901. The number of carbonyl (C=O) groups excluding carboxylic acids is 1. The standard InChI is InChI=1S/C17H21N3O2/c1-2-22-17(21)15(10-18)11-19-16-8-9-20(13-16)12-14-6-4-3-5-7-14/h3-7,11,15-16H,2,8-9,12-13H2,1H3/p+1/t15-,16+/m1/s1. The van der Waals surface area contributed by atoms with Crippen molar-refractivity contribution in [3.63, 3.8) is 0 Å². The fourth-order valence-corrected chi connectivity index (χ4v) is 2.67. The lowest BCUT2D eigenvalue weighted by Crippen LogP contribution is -3.09. The fourth-order valence-electron chi connectivity index (χ4n) is 2.67. The average Bonchev–Trinajstić information content (AvgIpc) is 2.97. The maximum absolute atomic E-state index is 11.5. The Balaban J connectivity index is 1.84. The number of hydrogen-bond donors (Lipinski definition) is 1. The van der Waals surface area contributed by atoms with E-state index >= 15 is 0 Å². The molecule has 0 aliphatic carbocycles. The van der Waals surface area contributed by atoms with Crippen molar-refractivity contribution in [1.29, 1.82) is 5.26 Å². The van der Waals surface area contributed by atoms with E-state index in [2.05, 4.69) is 29.3 Å². The Bertz CT molecular complexity index is 551. The number of hydrogen-bond acceptors (Lipinski definition) is 4. The minimum atomic E-state index is -0.891. The molecular weight excluding hydrogens is 278 g/mol. The van der Waals surface area contributed by atoms with Crippen LogP contribution in [0.25, 0.3) is 0 Å². The van der Waals surface area contributed by atoms with Crippen molar-refractivity contribution < 1.29 is 14.4 Å². The summed E-state index contributed by atoms with van der Waals surface area (Å²) in [6.45, 7) is 5.00. The van der Waals surface area contributed by atoms with Crippen LogP contribution in [0.1, 0.15) is 18.9 Å². The van der Waals surface area contributed by atoms with Crippen LogP contribution in [-0.4, -0.2) is 37.9 Å². The zero-order chi connectivity index (χ0) is 15.8. The van der Waals surface area contributed by atoms with Crippen LogP contribution in [0.3, 0.4) is 0 Å². The predicted octanol–water partition coefficient (Wildman–Crippen LogP) is 0.617. The highest BCUT2D eigenvalue weighted by molar-refractivity contribution is 5.92. The van der Waals surface area contributed by atoms with Crippen molar-refractivity contribution in [2.45, 2.75) is 25.9 Å². The zero-order valence-electron chi connectivity index (χ0n) is 12.9. The molecular formula is C17H22N3O2+. The van der Waals surface area contributed by atoms with Gasteiger partial charge in [0.1, 0.15) is 19.1 Å². The maximum Gasteiger partial charge on any atom is 0.328 e. The molecule has 1 N–H and O–H groups in total. The van der Waals surface area contributed by atoms with Crippen molar-refractivity contribution in [1.82, 2.24) is 0 Å². The van der Waals surface area contributed by atoms with Gasteiger partial charge >= 0.3 is 5.97 Å². The van der Waals surface area contributed by atoms with E-state index in [1.807, 2.05) is 12.1 Å². The van der Waals surface area contributed by atoms with E-state index < -0.39 is 11.9 Å². The van der Waals surface area contributed by atoms with Crippen LogP contribution in [0.4, 0.5) is 0 Å². The lowest BCUT2D eigenvalue weighted by atomic mass is 10.2. The highest BCUT2D eigenvalue weighted by Crippen LogP contribution is 2.03. The first-order valence-electron chi connectivity index (χ1n) is 7.70. The van der Waals surface area contributed by atoms with Crippen LogP contribution >= 0.6 is 0 Å². The van der Waals surface area contributed by atoms with Crippen LogP contribution in [-0.2, 0) is 16.1 Å². The molecule has 5 nitrogen and oxygen atoms in total. The van der Waals surface area contributed by atoms with Gasteiger partial charge in [-0.05, 0) is 6.92 Å². The Morgan fingerprint density at radius 2 is 2.32 bits per heavy atom. The lowest BCUT2D eigenvalue weighted by Gasteiger charge is -2.12. The Morgan fingerprint density at radius 1 is 1.55 bits per heavy atom. The van der Waals surface area contributed by atoms with Gasteiger partial charge in [-0.3, -0.25) is 9.79 Å². The number of quaternary nitrogens is 1. The summed E-state index contributed by atoms with van der Waals surface area (Å²) in [6, 6.07) is 12.5. The summed E-state index contributed by atoms with van der Waals surface area (Å²) in [5.74, 6) is -1.40. The first kappa shape index (κ1) is 16.2. The van der Waals surface area contributed by atoms with Gasteiger partial charge in [-0.2, -0.15) is 5.26 Å². The summed E-state index contributed by atoms with van der Waals surface area (Å²) in [4.78, 5) is 17.4. The molecule has 1 fully saturated rings. The Labute approximate surface area is 131 Å². The number of ether oxygens (including phenoxy) is 1. The summed E-state index contributed by atoms with van der Waals surface area (Å²) in [6.07, 6.45) is 2.44. The summed E-state index contributed by atoms with van der Waals surface area (Å²) in [5, 5.41) is 9.00. The minimum absolute atomic E-state index is 0.184. The zero-order valence-corrected chi connectivity index (χ0v) is 12.9. The second-order valence-electron chi connectivity index (χ2n) is 5.47. The first-order valence-corrected chi connectivity index (χ1v) is 7.70. The van der Waals surface area contributed by atoms with Crippen LogP contribution < -0.4 is 4.90 Å². The molecule has 0 spiro atoms. The van der Waals surface area contributed by atoms with Gasteiger partial charge in [0.15, 0.2) is 5.92 Å². The molecule has 1 aliphatic rings. The van der Waals surface area contributed by atoms with Gasteiger partial charge in [-0.1, -0.05) is 30.3 Å². The first-order chi connectivity index (χ1) is 10.7. The molecule has 1 unspecified atom stereocenters. The Kier molecular flexibility index (Phi) is 6.11. The summed E-state index contributed by atoms with van der Waals surface area (Å²) < 4.78 is 4.85. The van der Waals surface area contributed by atoms with Gasteiger partial charge in [0.25, 0.3) is 0 Å². The summed E-state index contributed by atoms with van der Waals surface area (Å²) in [5.41, 5.74) is 1.32. The molecule has 0 amide bonds. The molecule has 0 saturated carbocycles. The van der Waals surface area contributed by atoms with E-state index in [1.165, 1.54) is 16.7 Å². The third-order valence-corrected chi connectivity index (χ3v) is 3.78. The van der Waals surface area contributed by atoms with Gasteiger partial charge in [0.2, 0.25) is 0 Å². The molecule has 116 valence electrons. The largest absolute Gasteiger partial charge is 0.465 e. The highest BCUT2D eigenvalue weighted by atomic mass is 16.5. The minimum Gasteiger partial charge on any atom is -0.465 e. The molecule has 0 aromatic heterocycles.